The van der Waals surface area contributed by atoms with Gasteiger partial charge in [-0.25, -0.2) is 9.97 Å². The SMILES string of the molecule is CCCc1c(NCC)ncnc1NC(C)C1CCCCC1. The van der Waals surface area contributed by atoms with Gasteiger partial charge in [-0.2, -0.15) is 0 Å². The summed E-state index contributed by atoms with van der Waals surface area (Å²) in [6, 6.07) is 0.491. The van der Waals surface area contributed by atoms with E-state index in [-0.39, 0.29) is 0 Å². The highest BCUT2D eigenvalue weighted by Crippen LogP contribution is 2.29. The fraction of sp³-hybridized carbons (Fsp3) is 0.765. The lowest BCUT2D eigenvalue weighted by atomic mass is 9.84. The molecule has 1 heterocycles. The molecular formula is C17H30N4. The van der Waals surface area contributed by atoms with Crippen LogP contribution in [0.5, 0.6) is 0 Å². The van der Waals surface area contributed by atoms with Crippen LogP contribution in [0.1, 0.15) is 64.9 Å². The Kier molecular flexibility index (Phi) is 6.27. The summed E-state index contributed by atoms with van der Waals surface area (Å²) in [6.45, 7) is 7.51. The molecule has 0 amide bonds. The number of aromatic nitrogens is 2. The van der Waals surface area contributed by atoms with Crippen LogP contribution >= 0.6 is 0 Å². The second-order valence-corrected chi connectivity index (χ2v) is 6.16. The zero-order valence-corrected chi connectivity index (χ0v) is 13.8. The van der Waals surface area contributed by atoms with Crippen molar-refractivity contribution in [2.45, 2.75) is 71.8 Å². The number of hydrogen-bond donors (Lipinski definition) is 2. The van der Waals surface area contributed by atoms with Gasteiger partial charge in [0.25, 0.3) is 0 Å². The van der Waals surface area contributed by atoms with Crippen molar-refractivity contribution < 1.29 is 0 Å². The van der Waals surface area contributed by atoms with E-state index in [1.54, 1.807) is 6.33 Å². The van der Waals surface area contributed by atoms with Gasteiger partial charge in [-0.1, -0.05) is 32.6 Å². The van der Waals surface area contributed by atoms with Crippen molar-refractivity contribution in [2.75, 3.05) is 17.2 Å². The molecule has 0 bridgehead atoms. The van der Waals surface area contributed by atoms with Gasteiger partial charge in [0.2, 0.25) is 0 Å². The largest absolute Gasteiger partial charge is 0.370 e. The maximum absolute atomic E-state index is 4.51. The first-order chi connectivity index (χ1) is 10.3. The number of hydrogen-bond acceptors (Lipinski definition) is 4. The average Bonchev–Trinajstić information content (AvgIpc) is 2.51. The van der Waals surface area contributed by atoms with Gasteiger partial charge in [-0.05, 0) is 39.0 Å². The highest BCUT2D eigenvalue weighted by atomic mass is 15.1. The predicted molar refractivity (Wildman–Crippen MR) is 89.9 cm³/mol. The molecule has 0 saturated heterocycles. The first-order valence-corrected chi connectivity index (χ1v) is 8.60. The molecular weight excluding hydrogens is 260 g/mol. The lowest BCUT2D eigenvalue weighted by Crippen LogP contribution is -2.28. The highest BCUT2D eigenvalue weighted by Gasteiger charge is 2.21. The second-order valence-electron chi connectivity index (χ2n) is 6.16. The molecule has 1 unspecified atom stereocenters. The normalized spacial score (nSPS) is 17.5. The Hall–Kier alpha value is -1.32. The highest BCUT2D eigenvalue weighted by molar-refractivity contribution is 5.57. The van der Waals surface area contributed by atoms with Gasteiger partial charge in [-0.15, -0.1) is 0 Å². The van der Waals surface area contributed by atoms with Gasteiger partial charge in [-0.3, -0.25) is 0 Å². The monoisotopic (exact) mass is 290 g/mol. The van der Waals surface area contributed by atoms with Crippen molar-refractivity contribution in [3.05, 3.63) is 11.9 Å². The Morgan fingerprint density at radius 1 is 1.14 bits per heavy atom. The molecule has 1 saturated carbocycles. The van der Waals surface area contributed by atoms with Crippen LogP contribution in [0, 0.1) is 5.92 Å². The molecule has 1 aliphatic rings. The summed E-state index contributed by atoms with van der Waals surface area (Å²) < 4.78 is 0. The van der Waals surface area contributed by atoms with Crippen LogP contribution in [-0.2, 0) is 6.42 Å². The van der Waals surface area contributed by atoms with E-state index in [1.807, 2.05) is 0 Å². The molecule has 0 aliphatic heterocycles. The third kappa shape index (κ3) is 4.32. The number of rotatable bonds is 7. The van der Waals surface area contributed by atoms with E-state index in [1.165, 1.54) is 37.7 Å². The third-order valence-corrected chi connectivity index (χ3v) is 4.51. The Labute approximate surface area is 129 Å². The molecule has 0 spiro atoms. The number of nitrogens with one attached hydrogen (secondary N) is 2. The van der Waals surface area contributed by atoms with E-state index in [2.05, 4.69) is 41.4 Å². The molecule has 0 aromatic carbocycles. The van der Waals surface area contributed by atoms with Crippen molar-refractivity contribution >= 4 is 11.6 Å². The zero-order chi connectivity index (χ0) is 15.1. The Bertz CT molecular complexity index is 427. The van der Waals surface area contributed by atoms with Crippen molar-refractivity contribution in [2.24, 2.45) is 5.92 Å². The Morgan fingerprint density at radius 3 is 2.52 bits per heavy atom. The zero-order valence-electron chi connectivity index (χ0n) is 13.8. The van der Waals surface area contributed by atoms with Crippen LogP contribution < -0.4 is 10.6 Å². The lowest BCUT2D eigenvalue weighted by Gasteiger charge is -2.29. The van der Waals surface area contributed by atoms with Gasteiger partial charge >= 0.3 is 0 Å². The number of nitrogens with zero attached hydrogens (tertiary/aromatic N) is 2. The fourth-order valence-corrected chi connectivity index (χ4v) is 3.31. The van der Waals surface area contributed by atoms with Crippen LogP contribution in [0.4, 0.5) is 11.6 Å². The summed E-state index contributed by atoms with van der Waals surface area (Å²) in [4.78, 5) is 8.92. The van der Waals surface area contributed by atoms with Crippen molar-refractivity contribution in [3.63, 3.8) is 0 Å². The van der Waals surface area contributed by atoms with Gasteiger partial charge in [0.15, 0.2) is 0 Å². The van der Waals surface area contributed by atoms with E-state index < -0.39 is 0 Å². The molecule has 1 aliphatic carbocycles. The summed E-state index contributed by atoms with van der Waals surface area (Å²) in [7, 11) is 0. The summed E-state index contributed by atoms with van der Waals surface area (Å²) in [5.74, 6) is 2.80. The first-order valence-electron chi connectivity index (χ1n) is 8.60. The predicted octanol–water partition coefficient (Wildman–Crippen LogP) is 4.24. The summed E-state index contributed by atoms with van der Waals surface area (Å²) in [5, 5.41) is 7.04. The van der Waals surface area contributed by atoms with E-state index in [4.69, 9.17) is 0 Å². The Morgan fingerprint density at radius 2 is 1.86 bits per heavy atom. The summed E-state index contributed by atoms with van der Waals surface area (Å²) >= 11 is 0. The lowest BCUT2D eigenvalue weighted by molar-refractivity contribution is 0.328. The quantitative estimate of drug-likeness (QED) is 0.788. The molecule has 1 atom stereocenters. The standard InChI is InChI=1S/C17H30N4/c1-4-9-15-16(18-5-2)19-12-20-17(15)21-13(3)14-10-7-6-8-11-14/h12-14H,4-11H2,1-3H3,(H2,18,19,20,21). The van der Waals surface area contributed by atoms with Crippen LogP contribution in [0.15, 0.2) is 6.33 Å². The van der Waals surface area contributed by atoms with Gasteiger partial charge in [0.05, 0.1) is 0 Å². The molecule has 2 rings (SSSR count). The molecule has 21 heavy (non-hydrogen) atoms. The second kappa shape index (κ2) is 8.20. The molecule has 1 aromatic rings. The van der Waals surface area contributed by atoms with E-state index in [9.17, 15) is 0 Å². The molecule has 1 aromatic heterocycles. The minimum absolute atomic E-state index is 0.491. The topological polar surface area (TPSA) is 49.8 Å². The molecule has 118 valence electrons. The van der Waals surface area contributed by atoms with E-state index in [0.29, 0.717) is 6.04 Å². The van der Waals surface area contributed by atoms with Gasteiger partial charge in [0.1, 0.15) is 18.0 Å². The third-order valence-electron chi connectivity index (χ3n) is 4.51. The van der Waals surface area contributed by atoms with Crippen molar-refractivity contribution in [1.29, 1.82) is 0 Å². The van der Waals surface area contributed by atoms with Gasteiger partial charge in [0, 0.05) is 18.2 Å². The molecule has 4 nitrogen and oxygen atoms in total. The van der Waals surface area contributed by atoms with Gasteiger partial charge < -0.3 is 10.6 Å². The average molecular weight is 290 g/mol. The van der Waals surface area contributed by atoms with Crippen LogP contribution in [0.3, 0.4) is 0 Å². The fourth-order valence-electron chi connectivity index (χ4n) is 3.31. The molecule has 4 heteroatoms. The maximum Gasteiger partial charge on any atom is 0.134 e. The molecule has 2 N–H and O–H groups in total. The first kappa shape index (κ1) is 16.1. The molecule has 0 radical (unpaired) electrons. The number of anilines is 2. The van der Waals surface area contributed by atoms with Crippen LogP contribution in [0.25, 0.3) is 0 Å². The van der Waals surface area contributed by atoms with E-state index in [0.717, 1.165) is 36.9 Å². The van der Waals surface area contributed by atoms with E-state index >= 15 is 0 Å². The van der Waals surface area contributed by atoms with Crippen molar-refractivity contribution in [3.8, 4) is 0 Å². The minimum atomic E-state index is 0.491. The van der Waals surface area contributed by atoms with Crippen molar-refractivity contribution in [1.82, 2.24) is 9.97 Å². The van der Waals surface area contributed by atoms with Crippen LogP contribution in [0.2, 0.25) is 0 Å². The smallest absolute Gasteiger partial charge is 0.134 e. The Balaban J connectivity index is 2.11. The maximum atomic E-state index is 4.51. The summed E-state index contributed by atoms with van der Waals surface area (Å²) in [5.41, 5.74) is 1.24. The molecule has 1 fully saturated rings. The minimum Gasteiger partial charge on any atom is -0.370 e. The summed E-state index contributed by atoms with van der Waals surface area (Å²) in [6.07, 6.45) is 10.7. The van der Waals surface area contributed by atoms with Crippen LogP contribution in [-0.4, -0.2) is 22.6 Å².